The first-order chi connectivity index (χ1) is 11.0. The maximum Gasteiger partial charge on any atom is 0.292 e. The van der Waals surface area contributed by atoms with Crippen LogP contribution in [0.4, 0.5) is 11.4 Å². The van der Waals surface area contributed by atoms with Crippen molar-refractivity contribution < 1.29 is 14.5 Å². The monoisotopic (exact) mass is 315 g/mol. The summed E-state index contributed by atoms with van der Waals surface area (Å²) in [5, 5.41) is 13.6. The molecule has 2 rings (SSSR count). The van der Waals surface area contributed by atoms with Crippen molar-refractivity contribution in [3.63, 3.8) is 0 Å². The summed E-state index contributed by atoms with van der Waals surface area (Å²) in [5.41, 5.74) is 6.53. The first-order valence-electron chi connectivity index (χ1n) is 6.96. The highest BCUT2D eigenvalue weighted by molar-refractivity contribution is 5.95. The van der Waals surface area contributed by atoms with Gasteiger partial charge in [-0.2, -0.15) is 0 Å². The van der Waals surface area contributed by atoms with E-state index in [0.29, 0.717) is 13.0 Å². The van der Waals surface area contributed by atoms with Gasteiger partial charge in [-0.3, -0.25) is 14.9 Å². The molecule has 7 nitrogen and oxygen atoms in total. The quantitative estimate of drug-likeness (QED) is 0.482. The summed E-state index contributed by atoms with van der Waals surface area (Å²) in [5.74, 6) is 0.397. The summed E-state index contributed by atoms with van der Waals surface area (Å²) in [6.45, 7) is 0.420. The number of nitrogens with two attached hydrogens (primary N) is 1. The highest BCUT2D eigenvalue weighted by atomic mass is 16.6. The number of rotatable bonds is 6. The Bertz CT molecular complexity index is 714. The fourth-order valence-corrected chi connectivity index (χ4v) is 2.06. The van der Waals surface area contributed by atoms with E-state index in [2.05, 4.69) is 5.32 Å². The lowest BCUT2D eigenvalue weighted by Crippen LogP contribution is -2.25. The predicted molar refractivity (Wildman–Crippen MR) is 86.5 cm³/mol. The van der Waals surface area contributed by atoms with Gasteiger partial charge in [0.1, 0.15) is 11.4 Å². The summed E-state index contributed by atoms with van der Waals surface area (Å²) < 4.78 is 5.07. The minimum absolute atomic E-state index is 0.0322. The number of nitrogens with zero attached hydrogens (tertiary/aromatic N) is 1. The molecule has 23 heavy (non-hydrogen) atoms. The number of benzene rings is 2. The third-order valence-electron chi connectivity index (χ3n) is 3.35. The lowest BCUT2D eigenvalue weighted by molar-refractivity contribution is -0.383. The molecule has 0 unspecified atom stereocenters. The van der Waals surface area contributed by atoms with Crippen molar-refractivity contribution in [1.82, 2.24) is 5.32 Å². The van der Waals surface area contributed by atoms with Gasteiger partial charge >= 0.3 is 0 Å². The Labute approximate surface area is 133 Å². The molecule has 0 heterocycles. The molecule has 120 valence electrons. The fraction of sp³-hybridized carbons (Fsp3) is 0.188. The normalized spacial score (nSPS) is 10.1. The molecule has 0 aliphatic rings. The topological polar surface area (TPSA) is 107 Å². The van der Waals surface area contributed by atoms with Crippen LogP contribution in [0.3, 0.4) is 0 Å². The SMILES string of the molecule is COc1ccc(CCNC(=O)c2ccc(N)c([N+](=O)[O-])c2)cc1. The fourth-order valence-electron chi connectivity index (χ4n) is 2.06. The number of ether oxygens (including phenoxy) is 1. The first kappa shape index (κ1) is 16.3. The van der Waals surface area contributed by atoms with Crippen molar-refractivity contribution in [3.8, 4) is 5.75 Å². The van der Waals surface area contributed by atoms with Crippen molar-refractivity contribution in [2.75, 3.05) is 19.4 Å². The van der Waals surface area contributed by atoms with Gasteiger partial charge in [-0.05, 0) is 36.2 Å². The average molecular weight is 315 g/mol. The summed E-state index contributed by atoms with van der Waals surface area (Å²) in [6.07, 6.45) is 0.646. The van der Waals surface area contributed by atoms with Gasteiger partial charge in [-0.1, -0.05) is 12.1 Å². The van der Waals surface area contributed by atoms with Gasteiger partial charge in [0.2, 0.25) is 0 Å². The second kappa shape index (κ2) is 7.26. The molecule has 0 aliphatic heterocycles. The standard InChI is InChI=1S/C16H17N3O4/c1-23-13-5-2-11(3-6-13)8-9-18-16(20)12-4-7-14(17)15(10-12)19(21)22/h2-7,10H,8-9,17H2,1H3,(H,18,20). The number of anilines is 1. The van der Waals surface area contributed by atoms with Crippen LogP contribution in [0.15, 0.2) is 42.5 Å². The number of nitro benzene ring substituents is 1. The number of nitro groups is 1. The number of hydrogen-bond acceptors (Lipinski definition) is 5. The van der Waals surface area contributed by atoms with Gasteiger partial charge in [0, 0.05) is 18.2 Å². The van der Waals surface area contributed by atoms with Crippen LogP contribution in [0, 0.1) is 10.1 Å². The third-order valence-corrected chi connectivity index (χ3v) is 3.35. The average Bonchev–Trinajstić information content (AvgIpc) is 2.55. The van der Waals surface area contributed by atoms with E-state index in [0.717, 1.165) is 11.3 Å². The molecule has 0 spiro atoms. The van der Waals surface area contributed by atoms with Gasteiger partial charge in [0.05, 0.1) is 12.0 Å². The molecule has 0 saturated carbocycles. The van der Waals surface area contributed by atoms with Gasteiger partial charge in [0.25, 0.3) is 11.6 Å². The zero-order chi connectivity index (χ0) is 16.8. The van der Waals surface area contributed by atoms with Crippen molar-refractivity contribution in [2.45, 2.75) is 6.42 Å². The Kier molecular flexibility index (Phi) is 5.14. The Morgan fingerprint density at radius 1 is 1.26 bits per heavy atom. The van der Waals surface area contributed by atoms with E-state index in [-0.39, 0.29) is 22.8 Å². The number of carbonyl (C=O) groups excluding carboxylic acids is 1. The smallest absolute Gasteiger partial charge is 0.292 e. The molecule has 0 atom stereocenters. The molecule has 0 aromatic heterocycles. The molecule has 0 saturated heterocycles. The van der Waals surface area contributed by atoms with Crippen LogP contribution in [0.5, 0.6) is 5.75 Å². The van der Waals surface area contributed by atoms with Gasteiger partial charge in [0.15, 0.2) is 0 Å². The summed E-state index contributed by atoms with van der Waals surface area (Å²) in [4.78, 5) is 22.3. The van der Waals surface area contributed by atoms with E-state index in [1.54, 1.807) is 7.11 Å². The van der Waals surface area contributed by atoms with E-state index < -0.39 is 4.92 Å². The van der Waals surface area contributed by atoms with Crippen molar-refractivity contribution in [3.05, 3.63) is 63.7 Å². The van der Waals surface area contributed by atoms with E-state index in [9.17, 15) is 14.9 Å². The maximum absolute atomic E-state index is 12.0. The molecule has 2 aromatic rings. The van der Waals surface area contributed by atoms with E-state index in [1.807, 2.05) is 24.3 Å². The van der Waals surface area contributed by atoms with Crippen LogP contribution < -0.4 is 15.8 Å². The van der Waals surface area contributed by atoms with E-state index in [4.69, 9.17) is 10.5 Å². The first-order valence-corrected chi connectivity index (χ1v) is 6.96. The summed E-state index contributed by atoms with van der Waals surface area (Å²) >= 11 is 0. The molecule has 0 radical (unpaired) electrons. The van der Waals surface area contributed by atoms with Crippen LogP contribution in [-0.4, -0.2) is 24.5 Å². The van der Waals surface area contributed by atoms with Crippen molar-refractivity contribution in [2.24, 2.45) is 0 Å². The molecule has 1 amide bonds. The largest absolute Gasteiger partial charge is 0.497 e. The second-order valence-corrected chi connectivity index (χ2v) is 4.88. The van der Waals surface area contributed by atoms with Crippen LogP contribution in [0.25, 0.3) is 0 Å². The number of nitrogens with one attached hydrogen (secondary N) is 1. The van der Waals surface area contributed by atoms with Crippen LogP contribution >= 0.6 is 0 Å². The zero-order valence-electron chi connectivity index (χ0n) is 12.6. The Balaban J connectivity index is 1.94. The lowest BCUT2D eigenvalue weighted by Gasteiger charge is -2.07. The van der Waals surface area contributed by atoms with Crippen molar-refractivity contribution >= 4 is 17.3 Å². The van der Waals surface area contributed by atoms with E-state index in [1.165, 1.54) is 18.2 Å². The zero-order valence-corrected chi connectivity index (χ0v) is 12.6. The summed E-state index contributed by atoms with van der Waals surface area (Å²) in [7, 11) is 1.60. The highest BCUT2D eigenvalue weighted by Crippen LogP contribution is 2.22. The molecule has 0 bridgehead atoms. The minimum Gasteiger partial charge on any atom is -0.497 e. The molecular weight excluding hydrogens is 298 g/mol. The molecule has 3 N–H and O–H groups in total. The molecule has 0 aliphatic carbocycles. The lowest BCUT2D eigenvalue weighted by atomic mass is 10.1. The molecular formula is C16H17N3O4. The number of methoxy groups -OCH3 is 1. The van der Waals surface area contributed by atoms with Gasteiger partial charge < -0.3 is 15.8 Å². The van der Waals surface area contributed by atoms with E-state index >= 15 is 0 Å². The van der Waals surface area contributed by atoms with Gasteiger partial charge in [-0.15, -0.1) is 0 Å². The number of hydrogen-bond donors (Lipinski definition) is 2. The van der Waals surface area contributed by atoms with Gasteiger partial charge in [-0.25, -0.2) is 0 Å². The Morgan fingerprint density at radius 3 is 2.57 bits per heavy atom. The maximum atomic E-state index is 12.0. The predicted octanol–water partition coefficient (Wildman–Crippen LogP) is 2.16. The second-order valence-electron chi connectivity index (χ2n) is 4.88. The highest BCUT2D eigenvalue weighted by Gasteiger charge is 2.15. The molecule has 0 fully saturated rings. The number of amides is 1. The summed E-state index contributed by atoms with van der Waals surface area (Å²) in [6, 6.07) is 11.5. The Hall–Kier alpha value is -3.09. The number of carbonyl (C=O) groups is 1. The Morgan fingerprint density at radius 2 is 1.96 bits per heavy atom. The van der Waals surface area contributed by atoms with Crippen molar-refractivity contribution in [1.29, 1.82) is 0 Å². The van der Waals surface area contributed by atoms with Crippen LogP contribution in [-0.2, 0) is 6.42 Å². The molecule has 7 heteroatoms. The third kappa shape index (κ3) is 4.19. The van der Waals surface area contributed by atoms with Crippen LogP contribution in [0.2, 0.25) is 0 Å². The van der Waals surface area contributed by atoms with Crippen LogP contribution in [0.1, 0.15) is 15.9 Å². The number of nitrogen functional groups attached to an aromatic ring is 1. The molecule has 2 aromatic carbocycles. The minimum atomic E-state index is -0.608.